The first kappa shape index (κ1) is 13.4. The van der Waals surface area contributed by atoms with Gasteiger partial charge in [-0.25, -0.2) is 4.39 Å². The molecule has 4 N–H and O–H groups in total. The maximum Gasteiger partial charge on any atom is 0.136 e. The molecule has 0 unspecified atom stereocenters. The van der Waals surface area contributed by atoms with Crippen LogP contribution in [0.5, 0.6) is 0 Å². The van der Waals surface area contributed by atoms with Crippen LogP contribution in [0.1, 0.15) is 12.0 Å². The first-order valence-electron chi connectivity index (χ1n) is 5.54. The van der Waals surface area contributed by atoms with Gasteiger partial charge in [-0.05, 0) is 39.2 Å². The molecule has 0 amide bonds. The first-order valence-corrected chi connectivity index (χ1v) is 5.54. The highest BCUT2D eigenvalue weighted by molar-refractivity contribution is 6.00. The SMILES string of the molecule is CN(C)CCCNc1cccc(F)c1C(=N)N. The summed E-state index contributed by atoms with van der Waals surface area (Å²) >= 11 is 0. The van der Waals surface area contributed by atoms with E-state index in [1.54, 1.807) is 12.1 Å². The van der Waals surface area contributed by atoms with E-state index in [0.29, 0.717) is 5.69 Å². The van der Waals surface area contributed by atoms with Crippen molar-refractivity contribution in [3.05, 3.63) is 29.6 Å². The number of nitrogens with zero attached hydrogens (tertiary/aromatic N) is 1. The molecule has 0 heterocycles. The van der Waals surface area contributed by atoms with E-state index in [1.807, 2.05) is 14.1 Å². The number of nitrogen functional groups attached to an aromatic ring is 1. The maximum absolute atomic E-state index is 13.5. The van der Waals surface area contributed by atoms with Crippen molar-refractivity contribution in [2.45, 2.75) is 6.42 Å². The van der Waals surface area contributed by atoms with Crippen molar-refractivity contribution in [1.82, 2.24) is 4.90 Å². The van der Waals surface area contributed by atoms with Crippen molar-refractivity contribution < 1.29 is 4.39 Å². The Morgan fingerprint density at radius 1 is 1.47 bits per heavy atom. The Morgan fingerprint density at radius 2 is 2.18 bits per heavy atom. The van der Waals surface area contributed by atoms with E-state index in [-0.39, 0.29) is 11.4 Å². The van der Waals surface area contributed by atoms with Crippen LogP contribution in [0.3, 0.4) is 0 Å². The van der Waals surface area contributed by atoms with Crippen molar-refractivity contribution in [2.75, 3.05) is 32.5 Å². The molecule has 0 aliphatic carbocycles. The van der Waals surface area contributed by atoms with Gasteiger partial charge < -0.3 is 16.0 Å². The van der Waals surface area contributed by atoms with Crippen LogP contribution >= 0.6 is 0 Å². The molecule has 0 aliphatic heterocycles. The van der Waals surface area contributed by atoms with Crippen molar-refractivity contribution in [1.29, 1.82) is 5.41 Å². The summed E-state index contributed by atoms with van der Waals surface area (Å²) in [5, 5.41) is 10.5. The van der Waals surface area contributed by atoms with Crippen LogP contribution in [0, 0.1) is 11.2 Å². The molecule has 0 atom stereocenters. The second-order valence-electron chi connectivity index (χ2n) is 4.16. The third kappa shape index (κ3) is 4.03. The fourth-order valence-electron chi connectivity index (χ4n) is 1.56. The van der Waals surface area contributed by atoms with Crippen LogP contribution < -0.4 is 11.1 Å². The molecule has 1 aromatic rings. The highest BCUT2D eigenvalue weighted by Crippen LogP contribution is 2.18. The lowest BCUT2D eigenvalue weighted by molar-refractivity contribution is 0.405. The van der Waals surface area contributed by atoms with E-state index < -0.39 is 5.82 Å². The van der Waals surface area contributed by atoms with Crippen molar-refractivity contribution in [2.24, 2.45) is 5.73 Å². The lowest BCUT2D eigenvalue weighted by atomic mass is 10.1. The van der Waals surface area contributed by atoms with Gasteiger partial charge in [0.05, 0.1) is 5.56 Å². The second kappa shape index (κ2) is 6.20. The summed E-state index contributed by atoms with van der Waals surface area (Å²) in [7, 11) is 4.01. The molecule has 0 saturated heterocycles. The number of halogens is 1. The first-order chi connectivity index (χ1) is 8.02. The Kier molecular flexibility index (Phi) is 4.90. The zero-order chi connectivity index (χ0) is 12.8. The number of anilines is 1. The number of benzene rings is 1. The van der Waals surface area contributed by atoms with Crippen LogP contribution in [0.25, 0.3) is 0 Å². The van der Waals surface area contributed by atoms with Crippen LogP contribution in [-0.4, -0.2) is 37.9 Å². The number of amidine groups is 1. The molecule has 94 valence electrons. The lowest BCUT2D eigenvalue weighted by Gasteiger charge is -2.13. The zero-order valence-electron chi connectivity index (χ0n) is 10.3. The molecule has 1 rings (SSSR count). The van der Waals surface area contributed by atoms with Gasteiger partial charge in [0.1, 0.15) is 11.7 Å². The molecule has 0 spiro atoms. The highest BCUT2D eigenvalue weighted by Gasteiger charge is 2.10. The summed E-state index contributed by atoms with van der Waals surface area (Å²) < 4.78 is 13.5. The van der Waals surface area contributed by atoms with Crippen molar-refractivity contribution >= 4 is 11.5 Å². The van der Waals surface area contributed by atoms with Crippen LogP contribution in [0.15, 0.2) is 18.2 Å². The third-order valence-corrected chi connectivity index (χ3v) is 2.38. The fourth-order valence-corrected chi connectivity index (χ4v) is 1.56. The summed E-state index contributed by atoms with van der Waals surface area (Å²) in [6, 6.07) is 4.65. The molecule has 5 heteroatoms. The van der Waals surface area contributed by atoms with Gasteiger partial charge in [-0.15, -0.1) is 0 Å². The van der Waals surface area contributed by atoms with Gasteiger partial charge in [-0.1, -0.05) is 6.07 Å². The zero-order valence-corrected chi connectivity index (χ0v) is 10.3. The summed E-state index contributed by atoms with van der Waals surface area (Å²) in [5.74, 6) is -0.715. The largest absolute Gasteiger partial charge is 0.384 e. The minimum absolute atomic E-state index is 0.150. The van der Waals surface area contributed by atoms with Gasteiger partial charge in [0.2, 0.25) is 0 Å². The van der Waals surface area contributed by atoms with Gasteiger partial charge >= 0.3 is 0 Å². The quantitative estimate of drug-likeness (QED) is 0.399. The lowest BCUT2D eigenvalue weighted by Crippen LogP contribution is -2.19. The molecule has 4 nitrogen and oxygen atoms in total. The van der Waals surface area contributed by atoms with E-state index in [2.05, 4.69) is 10.2 Å². The number of hydrogen-bond donors (Lipinski definition) is 3. The monoisotopic (exact) mass is 238 g/mol. The predicted octanol–water partition coefficient (Wildman–Crippen LogP) is 1.47. The summed E-state index contributed by atoms with van der Waals surface area (Å²) in [5.41, 5.74) is 6.09. The Balaban J connectivity index is 2.64. The Hall–Kier alpha value is -1.62. The van der Waals surface area contributed by atoms with Gasteiger partial charge in [0.25, 0.3) is 0 Å². The number of nitrogens with two attached hydrogens (primary N) is 1. The predicted molar refractivity (Wildman–Crippen MR) is 69.1 cm³/mol. The van der Waals surface area contributed by atoms with Gasteiger partial charge in [-0.2, -0.15) is 0 Å². The second-order valence-corrected chi connectivity index (χ2v) is 4.16. The normalized spacial score (nSPS) is 10.6. The van der Waals surface area contributed by atoms with Crippen molar-refractivity contribution in [3.8, 4) is 0 Å². The van der Waals surface area contributed by atoms with E-state index in [0.717, 1.165) is 19.5 Å². The highest BCUT2D eigenvalue weighted by atomic mass is 19.1. The van der Waals surface area contributed by atoms with Crippen LogP contribution in [0.2, 0.25) is 0 Å². The van der Waals surface area contributed by atoms with E-state index in [1.165, 1.54) is 6.07 Å². The van der Waals surface area contributed by atoms with E-state index in [9.17, 15) is 4.39 Å². The summed E-state index contributed by atoms with van der Waals surface area (Å²) in [4.78, 5) is 2.08. The van der Waals surface area contributed by atoms with Crippen LogP contribution in [0.4, 0.5) is 10.1 Å². The van der Waals surface area contributed by atoms with Crippen molar-refractivity contribution in [3.63, 3.8) is 0 Å². The topological polar surface area (TPSA) is 65.1 Å². The van der Waals surface area contributed by atoms with Gasteiger partial charge in [0.15, 0.2) is 0 Å². The minimum atomic E-state index is -0.463. The van der Waals surface area contributed by atoms with Crippen LogP contribution in [-0.2, 0) is 0 Å². The number of rotatable bonds is 6. The standard InChI is InChI=1S/C12H19FN4/c1-17(2)8-4-7-16-10-6-3-5-9(13)11(10)12(14)15/h3,5-6,16H,4,7-8H2,1-2H3,(H3,14,15). The Morgan fingerprint density at radius 3 is 2.76 bits per heavy atom. The van der Waals surface area contributed by atoms with Gasteiger partial charge in [0, 0.05) is 12.2 Å². The number of nitrogens with one attached hydrogen (secondary N) is 2. The molecule has 0 saturated carbocycles. The molecule has 0 aromatic heterocycles. The smallest absolute Gasteiger partial charge is 0.136 e. The molecular weight excluding hydrogens is 219 g/mol. The fraction of sp³-hybridized carbons (Fsp3) is 0.417. The maximum atomic E-state index is 13.5. The molecular formula is C12H19FN4. The average molecular weight is 238 g/mol. The Bertz CT molecular complexity index is 390. The molecule has 0 radical (unpaired) electrons. The third-order valence-electron chi connectivity index (χ3n) is 2.38. The number of hydrogen-bond acceptors (Lipinski definition) is 3. The van der Waals surface area contributed by atoms with E-state index in [4.69, 9.17) is 11.1 Å². The average Bonchev–Trinajstić information content (AvgIpc) is 2.23. The summed E-state index contributed by atoms with van der Waals surface area (Å²) in [6.45, 7) is 1.68. The van der Waals surface area contributed by atoms with E-state index >= 15 is 0 Å². The minimum Gasteiger partial charge on any atom is -0.384 e. The molecule has 17 heavy (non-hydrogen) atoms. The molecule has 0 fully saturated rings. The molecule has 1 aromatic carbocycles. The summed E-state index contributed by atoms with van der Waals surface area (Å²) in [6.07, 6.45) is 0.945. The molecule has 0 bridgehead atoms. The Labute approximate surface area is 101 Å². The van der Waals surface area contributed by atoms with Gasteiger partial charge in [-0.3, -0.25) is 5.41 Å². The molecule has 0 aliphatic rings.